The molecular formula is C66H118O6. The van der Waals surface area contributed by atoms with Gasteiger partial charge in [0.1, 0.15) is 13.2 Å². The molecule has 0 saturated carbocycles. The van der Waals surface area contributed by atoms with Crippen molar-refractivity contribution in [1.29, 1.82) is 0 Å². The summed E-state index contributed by atoms with van der Waals surface area (Å²) in [4.78, 5) is 38.3. The molecule has 0 aliphatic rings. The molecule has 0 fully saturated rings. The van der Waals surface area contributed by atoms with Crippen LogP contribution in [0.25, 0.3) is 0 Å². The molecule has 0 aromatic rings. The molecule has 1 atom stereocenters. The Hall–Kier alpha value is -2.89. The van der Waals surface area contributed by atoms with Crippen molar-refractivity contribution < 1.29 is 28.6 Å². The number of allylic oxidation sites excluding steroid dienone is 10. The van der Waals surface area contributed by atoms with Crippen molar-refractivity contribution in [3.8, 4) is 0 Å². The van der Waals surface area contributed by atoms with Crippen molar-refractivity contribution in [1.82, 2.24) is 0 Å². The summed E-state index contributed by atoms with van der Waals surface area (Å²) < 4.78 is 16.9. The molecule has 0 aromatic heterocycles. The molecule has 72 heavy (non-hydrogen) atoms. The summed E-state index contributed by atoms with van der Waals surface area (Å²) in [6.45, 7) is 6.64. The molecule has 0 N–H and O–H groups in total. The van der Waals surface area contributed by atoms with Crippen LogP contribution < -0.4 is 0 Å². The minimum atomic E-state index is -0.783. The number of rotatable bonds is 57. The van der Waals surface area contributed by atoms with E-state index in [9.17, 15) is 14.4 Å². The Labute approximate surface area is 447 Å². The van der Waals surface area contributed by atoms with Crippen molar-refractivity contribution in [3.63, 3.8) is 0 Å². The first-order valence-electron chi connectivity index (χ1n) is 31.3. The van der Waals surface area contributed by atoms with Gasteiger partial charge in [0, 0.05) is 19.3 Å². The van der Waals surface area contributed by atoms with Crippen molar-refractivity contribution >= 4 is 17.9 Å². The van der Waals surface area contributed by atoms with Crippen LogP contribution in [-0.2, 0) is 28.6 Å². The second kappa shape index (κ2) is 60.7. The summed E-state index contributed by atoms with van der Waals surface area (Å²) in [6, 6.07) is 0. The smallest absolute Gasteiger partial charge is 0.306 e. The zero-order chi connectivity index (χ0) is 52.2. The SMILES string of the molecule is CCCCCC/C=C\C/C=C\CCCCCCCCCC(=O)OC(COC(=O)CCCCCCCC/C=C\C/C=C\C/C=C\CCCCCCC)COC(=O)CCCCCCCCCCCCCCCCC. The predicted molar refractivity (Wildman–Crippen MR) is 312 cm³/mol. The maximum Gasteiger partial charge on any atom is 0.306 e. The lowest BCUT2D eigenvalue weighted by molar-refractivity contribution is -0.167. The standard InChI is InChI=1S/C66H118O6/c1-4-7-10-13-16-19-22-25-28-30-32-33-34-36-38-41-44-47-50-53-56-59-65(68)71-62-63(61-70-64(67)58-55-52-49-46-43-40-37-27-24-21-18-15-12-9-6-3)72-66(69)60-57-54-51-48-45-42-39-35-31-29-26-23-20-17-14-11-8-5-2/h20,22-23,25,29-32,34,36,63H,4-19,21,24,26-28,33,35,37-62H2,1-3H3/b23-20-,25-22-,31-29-,32-30-,36-34-. The van der Waals surface area contributed by atoms with Crippen molar-refractivity contribution in [2.24, 2.45) is 0 Å². The van der Waals surface area contributed by atoms with E-state index in [1.165, 1.54) is 193 Å². The number of carbonyl (C=O) groups excluding carboxylic acids is 3. The van der Waals surface area contributed by atoms with Crippen LogP contribution in [-0.4, -0.2) is 37.2 Å². The molecule has 0 aromatic carbocycles. The maximum absolute atomic E-state index is 12.9. The number of hydrogen-bond acceptors (Lipinski definition) is 6. The van der Waals surface area contributed by atoms with E-state index in [0.29, 0.717) is 19.3 Å². The number of hydrogen-bond donors (Lipinski definition) is 0. The third-order valence-electron chi connectivity index (χ3n) is 13.7. The Morgan fingerprint density at radius 2 is 0.500 bits per heavy atom. The topological polar surface area (TPSA) is 78.9 Å². The highest BCUT2D eigenvalue weighted by Gasteiger charge is 2.19. The van der Waals surface area contributed by atoms with Gasteiger partial charge in [-0.3, -0.25) is 14.4 Å². The van der Waals surface area contributed by atoms with E-state index in [-0.39, 0.29) is 31.1 Å². The zero-order valence-corrected chi connectivity index (χ0v) is 47.9. The Morgan fingerprint density at radius 3 is 0.792 bits per heavy atom. The van der Waals surface area contributed by atoms with Crippen LogP contribution in [0.2, 0.25) is 0 Å². The number of esters is 3. The lowest BCUT2D eigenvalue weighted by Crippen LogP contribution is -2.30. The van der Waals surface area contributed by atoms with E-state index >= 15 is 0 Å². The first-order valence-corrected chi connectivity index (χ1v) is 31.3. The predicted octanol–water partition coefficient (Wildman–Crippen LogP) is 21.2. The van der Waals surface area contributed by atoms with Gasteiger partial charge in [0.05, 0.1) is 0 Å². The van der Waals surface area contributed by atoms with E-state index in [2.05, 4.69) is 81.5 Å². The summed E-state index contributed by atoms with van der Waals surface area (Å²) in [5.41, 5.74) is 0. The van der Waals surface area contributed by atoms with Crippen LogP contribution >= 0.6 is 0 Å². The van der Waals surface area contributed by atoms with Gasteiger partial charge in [-0.2, -0.15) is 0 Å². The Bertz CT molecular complexity index is 1290. The fraction of sp³-hybridized carbons (Fsp3) is 0.803. The summed E-state index contributed by atoms with van der Waals surface area (Å²) in [7, 11) is 0. The molecule has 0 aliphatic heterocycles. The summed E-state index contributed by atoms with van der Waals surface area (Å²) >= 11 is 0. The second-order valence-corrected chi connectivity index (χ2v) is 21.0. The molecule has 0 amide bonds. The van der Waals surface area contributed by atoms with Crippen LogP contribution in [0.4, 0.5) is 0 Å². The zero-order valence-electron chi connectivity index (χ0n) is 47.9. The first-order chi connectivity index (χ1) is 35.5. The monoisotopic (exact) mass is 1010 g/mol. The molecule has 0 rings (SSSR count). The van der Waals surface area contributed by atoms with Gasteiger partial charge in [0.2, 0.25) is 0 Å². The first kappa shape index (κ1) is 69.1. The third kappa shape index (κ3) is 58.0. The van der Waals surface area contributed by atoms with E-state index in [1.54, 1.807) is 0 Å². The fourth-order valence-electron chi connectivity index (χ4n) is 9.01. The highest BCUT2D eigenvalue weighted by Crippen LogP contribution is 2.16. The lowest BCUT2D eigenvalue weighted by atomic mass is 10.0. The second-order valence-electron chi connectivity index (χ2n) is 21.0. The van der Waals surface area contributed by atoms with Crippen LogP contribution in [0, 0.1) is 0 Å². The highest BCUT2D eigenvalue weighted by atomic mass is 16.6. The van der Waals surface area contributed by atoms with Gasteiger partial charge < -0.3 is 14.2 Å². The van der Waals surface area contributed by atoms with E-state index in [4.69, 9.17) is 14.2 Å². The molecular weight excluding hydrogens is 889 g/mol. The Kier molecular flexibility index (Phi) is 58.2. The largest absolute Gasteiger partial charge is 0.462 e. The number of unbranched alkanes of at least 4 members (excludes halogenated alkanes) is 36. The number of ether oxygens (including phenoxy) is 3. The minimum Gasteiger partial charge on any atom is -0.462 e. The summed E-state index contributed by atoms with van der Waals surface area (Å²) in [5, 5.41) is 0. The van der Waals surface area contributed by atoms with Crippen molar-refractivity contribution in [3.05, 3.63) is 60.8 Å². The molecule has 0 aliphatic carbocycles. The minimum absolute atomic E-state index is 0.0789. The quantitative estimate of drug-likeness (QED) is 0.0261. The average molecular weight is 1010 g/mol. The molecule has 6 nitrogen and oxygen atoms in total. The summed E-state index contributed by atoms with van der Waals surface area (Å²) in [5.74, 6) is -0.883. The van der Waals surface area contributed by atoms with Crippen molar-refractivity contribution in [2.45, 2.75) is 329 Å². The molecule has 0 bridgehead atoms. The summed E-state index contributed by atoms with van der Waals surface area (Å²) in [6.07, 6.45) is 76.4. The van der Waals surface area contributed by atoms with Crippen LogP contribution in [0.5, 0.6) is 0 Å². The van der Waals surface area contributed by atoms with Crippen LogP contribution in [0.15, 0.2) is 60.8 Å². The van der Waals surface area contributed by atoms with Gasteiger partial charge in [-0.05, 0) is 89.9 Å². The van der Waals surface area contributed by atoms with E-state index in [1.807, 2.05) is 0 Å². The molecule has 1 unspecified atom stereocenters. The van der Waals surface area contributed by atoms with E-state index < -0.39 is 6.10 Å². The molecule has 418 valence electrons. The Balaban J connectivity index is 4.39. The van der Waals surface area contributed by atoms with Gasteiger partial charge in [-0.15, -0.1) is 0 Å². The average Bonchev–Trinajstić information content (AvgIpc) is 3.38. The normalized spacial score (nSPS) is 12.4. The molecule has 0 spiro atoms. The number of carbonyl (C=O) groups is 3. The van der Waals surface area contributed by atoms with Crippen LogP contribution in [0.3, 0.4) is 0 Å². The highest BCUT2D eigenvalue weighted by molar-refractivity contribution is 5.71. The van der Waals surface area contributed by atoms with Gasteiger partial charge in [0.25, 0.3) is 0 Å². The molecule has 6 heteroatoms. The maximum atomic E-state index is 12.9. The third-order valence-corrected chi connectivity index (χ3v) is 13.7. The van der Waals surface area contributed by atoms with Gasteiger partial charge in [0.15, 0.2) is 6.10 Å². The van der Waals surface area contributed by atoms with Gasteiger partial charge in [-0.1, -0.05) is 274 Å². The van der Waals surface area contributed by atoms with Crippen molar-refractivity contribution in [2.75, 3.05) is 13.2 Å². The molecule has 0 heterocycles. The van der Waals surface area contributed by atoms with E-state index in [0.717, 1.165) is 89.9 Å². The van der Waals surface area contributed by atoms with Gasteiger partial charge >= 0.3 is 17.9 Å². The fourth-order valence-corrected chi connectivity index (χ4v) is 9.01. The van der Waals surface area contributed by atoms with Gasteiger partial charge in [-0.25, -0.2) is 0 Å². The lowest BCUT2D eigenvalue weighted by Gasteiger charge is -2.18. The molecule has 0 saturated heterocycles. The molecule has 0 radical (unpaired) electrons. The Morgan fingerprint density at radius 1 is 0.278 bits per heavy atom. The van der Waals surface area contributed by atoms with Crippen LogP contribution in [0.1, 0.15) is 323 Å².